The fourth-order valence-electron chi connectivity index (χ4n) is 5.55. The van der Waals surface area contributed by atoms with Crippen LogP contribution in [0.2, 0.25) is 0 Å². The number of hydrogen-bond donors (Lipinski definition) is 0. The van der Waals surface area contributed by atoms with E-state index in [1.165, 1.54) is 87.0 Å². The summed E-state index contributed by atoms with van der Waals surface area (Å²) < 4.78 is 5.98. The molecule has 190 valence electrons. The summed E-state index contributed by atoms with van der Waals surface area (Å²) in [6.07, 6.45) is 16.0. The zero-order chi connectivity index (χ0) is 25.0. The SMILES string of the molecule is CCCCCCCOc1ccc2cc(C#Cc3ccc(C4CCC(CCCC)CC4)cc3)ccc2c1. The van der Waals surface area contributed by atoms with Crippen LogP contribution in [-0.2, 0) is 0 Å². The zero-order valence-electron chi connectivity index (χ0n) is 22.5. The van der Waals surface area contributed by atoms with Gasteiger partial charge in [-0.15, -0.1) is 0 Å². The summed E-state index contributed by atoms with van der Waals surface area (Å²) >= 11 is 0. The van der Waals surface area contributed by atoms with Crippen molar-refractivity contribution in [2.24, 2.45) is 5.92 Å². The lowest BCUT2D eigenvalue weighted by Gasteiger charge is -2.28. The van der Waals surface area contributed by atoms with Crippen LogP contribution in [0.4, 0.5) is 0 Å². The third-order valence-electron chi connectivity index (χ3n) is 7.87. The molecular formula is C35H44O. The molecule has 0 bridgehead atoms. The van der Waals surface area contributed by atoms with Crippen LogP contribution in [0, 0.1) is 17.8 Å². The largest absolute Gasteiger partial charge is 0.494 e. The van der Waals surface area contributed by atoms with Crippen molar-refractivity contribution >= 4 is 10.8 Å². The van der Waals surface area contributed by atoms with E-state index in [0.29, 0.717) is 0 Å². The monoisotopic (exact) mass is 480 g/mol. The van der Waals surface area contributed by atoms with Crippen LogP contribution in [0.25, 0.3) is 10.8 Å². The van der Waals surface area contributed by atoms with Gasteiger partial charge in [0.15, 0.2) is 0 Å². The molecule has 1 fully saturated rings. The Morgan fingerprint density at radius 3 is 2.11 bits per heavy atom. The Morgan fingerprint density at radius 2 is 1.33 bits per heavy atom. The molecule has 0 amide bonds. The molecular weight excluding hydrogens is 436 g/mol. The Kier molecular flexibility index (Phi) is 10.3. The molecule has 1 nitrogen and oxygen atoms in total. The van der Waals surface area contributed by atoms with Gasteiger partial charge in [0.2, 0.25) is 0 Å². The summed E-state index contributed by atoms with van der Waals surface area (Å²) in [5.41, 5.74) is 3.65. The van der Waals surface area contributed by atoms with Crippen molar-refractivity contribution in [1.82, 2.24) is 0 Å². The molecule has 0 atom stereocenters. The predicted molar refractivity (Wildman–Crippen MR) is 155 cm³/mol. The van der Waals surface area contributed by atoms with E-state index in [0.717, 1.165) is 41.7 Å². The van der Waals surface area contributed by atoms with E-state index in [-0.39, 0.29) is 0 Å². The van der Waals surface area contributed by atoms with Crippen molar-refractivity contribution in [3.8, 4) is 17.6 Å². The predicted octanol–water partition coefficient (Wildman–Crippen LogP) is 10.1. The average Bonchev–Trinajstić information content (AvgIpc) is 2.93. The molecule has 0 heterocycles. The highest BCUT2D eigenvalue weighted by molar-refractivity contribution is 5.85. The molecule has 36 heavy (non-hydrogen) atoms. The lowest BCUT2D eigenvalue weighted by Crippen LogP contribution is -2.13. The van der Waals surface area contributed by atoms with Gasteiger partial charge in [-0.3, -0.25) is 0 Å². The quantitative estimate of drug-likeness (QED) is 0.196. The average molecular weight is 481 g/mol. The first-order valence-corrected chi connectivity index (χ1v) is 14.5. The fourth-order valence-corrected chi connectivity index (χ4v) is 5.55. The minimum atomic E-state index is 0.736. The second-order valence-electron chi connectivity index (χ2n) is 10.7. The van der Waals surface area contributed by atoms with Gasteiger partial charge < -0.3 is 4.74 Å². The molecule has 4 rings (SSSR count). The Labute approximate surface area is 219 Å². The van der Waals surface area contributed by atoms with E-state index >= 15 is 0 Å². The molecule has 0 saturated heterocycles. The van der Waals surface area contributed by atoms with Crippen molar-refractivity contribution in [1.29, 1.82) is 0 Å². The first-order valence-electron chi connectivity index (χ1n) is 14.5. The van der Waals surface area contributed by atoms with Crippen LogP contribution in [-0.4, -0.2) is 6.61 Å². The van der Waals surface area contributed by atoms with Crippen LogP contribution in [0.1, 0.15) is 114 Å². The van der Waals surface area contributed by atoms with Gasteiger partial charge in [-0.25, -0.2) is 0 Å². The summed E-state index contributed by atoms with van der Waals surface area (Å²) in [5.74, 6) is 9.41. The molecule has 0 radical (unpaired) electrons. The first-order chi connectivity index (χ1) is 17.7. The Bertz CT molecular complexity index is 1120. The third kappa shape index (κ3) is 7.89. The minimum absolute atomic E-state index is 0.736. The third-order valence-corrected chi connectivity index (χ3v) is 7.87. The topological polar surface area (TPSA) is 9.23 Å². The molecule has 1 heteroatoms. The molecule has 0 spiro atoms. The number of rotatable bonds is 11. The highest BCUT2D eigenvalue weighted by Crippen LogP contribution is 2.37. The van der Waals surface area contributed by atoms with Crippen LogP contribution >= 0.6 is 0 Å². The van der Waals surface area contributed by atoms with Crippen molar-refractivity contribution in [2.45, 2.75) is 96.8 Å². The Hall–Kier alpha value is -2.72. The summed E-state index contributed by atoms with van der Waals surface area (Å²) in [4.78, 5) is 0. The van der Waals surface area contributed by atoms with Crippen LogP contribution in [0.5, 0.6) is 5.75 Å². The molecule has 3 aromatic rings. The molecule has 0 unspecified atom stereocenters. The lowest BCUT2D eigenvalue weighted by molar-refractivity contribution is 0.304. The number of hydrogen-bond acceptors (Lipinski definition) is 1. The summed E-state index contributed by atoms with van der Waals surface area (Å²) in [5, 5.41) is 2.42. The van der Waals surface area contributed by atoms with E-state index in [9.17, 15) is 0 Å². The lowest BCUT2D eigenvalue weighted by atomic mass is 9.77. The Balaban J connectivity index is 1.30. The summed E-state index contributed by atoms with van der Waals surface area (Å²) in [6.45, 7) is 5.36. The Morgan fingerprint density at radius 1 is 0.667 bits per heavy atom. The molecule has 1 aliphatic carbocycles. The van der Waals surface area contributed by atoms with Crippen molar-refractivity contribution < 1.29 is 4.74 Å². The van der Waals surface area contributed by atoms with Gasteiger partial charge in [0, 0.05) is 11.1 Å². The smallest absolute Gasteiger partial charge is 0.119 e. The molecule has 0 aliphatic heterocycles. The van der Waals surface area contributed by atoms with Crippen molar-refractivity contribution in [3.05, 3.63) is 77.4 Å². The van der Waals surface area contributed by atoms with Gasteiger partial charge in [-0.2, -0.15) is 0 Å². The second kappa shape index (κ2) is 14.1. The van der Waals surface area contributed by atoms with Gasteiger partial charge in [-0.1, -0.05) is 94.9 Å². The number of benzene rings is 3. The highest BCUT2D eigenvalue weighted by Gasteiger charge is 2.21. The number of fused-ring (bicyclic) bond motifs is 1. The zero-order valence-corrected chi connectivity index (χ0v) is 22.5. The maximum absolute atomic E-state index is 5.98. The van der Waals surface area contributed by atoms with Crippen LogP contribution < -0.4 is 4.74 Å². The summed E-state index contributed by atoms with van der Waals surface area (Å²) in [7, 11) is 0. The van der Waals surface area contributed by atoms with Gasteiger partial charge in [0.1, 0.15) is 5.75 Å². The second-order valence-corrected chi connectivity index (χ2v) is 10.7. The van der Waals surface area contributed by atoms with E-state index in [4.69, 9.17) is 4.74 Å². The number of unbranched alkanes of at least 4 members (excludes halogenated alkanes) is 5. The minimum Gasteiger partial charge on any atom is -0.494 e. The molecule has 1 saturated carbocycles. The highest BCUT2D eigenvalue weighted by atomic mass is 16.5. The maximum atomic E-state index is 5.98. The van der Waals surface area contributed by atoms with E-state index in [1.54, 1.807) is 0 Å². The van der Waals surface area contributed by atoms with Gasteiger partial charge in [0.25, 0.3) is 0 Å². The van der Waals surface area contributed by atoms with E-state index in [1.807, 2.05) is 0 Å². The number of ether oxygens (including phenoxy) is 1. The molecule has 0 N–H and O–H groups in total. The van der Waals surface area contributed by atoms with Crippen LogP contribution in [0.15, 0.2) is 60.7 Å². The van der Waals surface area contributed by atoms with Crippen molar-refractivity contribution in [3.63, 3.8) is 0 Å². The van der Waals surface area contributed by atoms with E-state index < -0.39 is 0 Å². The van der Waals surface area contributed by atoms with E-state index in [2.05, 4.69) is 86.4 Å². The molecule has 3 aromatic carbocycles. The molecule has 1 aliphatic rings. The molecule has 0 aromatic heterocycles. The first kappa shape index (κ1) is 26.3. The summed E-state index contributed by atoms with van der Waals surface area (Å²) in [6, 6.07) is 21.9. The fraction of sp³-hybridized carbons (Fsp3) is 0.486. The van der Waals surface area contributed by atoms with Crippen LogP contribution in [0.3, 0.4) is 0 Å². The normalized spacial score (nSPS) is 17.5. The standard InChI is InChI=1S/C35H44O/c1-3-5-7-8-9-25-36-35-24-23-33-26-30(17-22-34(33)27-35)12-11-29-15-20-32(21-16-29)31-18-13-28(14-19-31)10-6-4-2/h15-17,20-24,26-28,31H,3-10,13-14,18-19,25H2,1-2H3. The van der Waals surface area contributed by atoms with Gasteiger partial charge in [0.05, 0.1) is 6.61 Å². The van der Waals surface area contributed by atoms with Gasteiger partial charge in [-0.05, 0) is 96.7 Å². The maximum Gasteiger partial charge on any atom is 0.119 e. The van der Waals surface area contributed by atoms with Crippen molar-refractivity contribution in [2.75, 3.05) is 6.61 Å². The van der Waals surface area contributed by atoms with Gasteiger partial charge >= 0.3 is 0 Å².